The Labute approximate surface area is 98.1 Å². The predicted molar refractivity (Wildman–Crippen MR) is 53.1 cm³/mol. The first-order valence-corrected chi connectivity index (χ1v) is 4.58. The average Bonchev–Trinajstić information content (AvgIpc) is 2.14. The van der Waals surface area contributed by atoms with Gasteiger partial charge in [-0.2, -0.15) is 13.2 Å². The summed E-state index contributed by atoms with van der Waals surface area (Å²) in [6.45, 7) is 0.929. The van der Waals surface area contributed by atoms with Crippen LogP contribution in [-0.4, -0.2) is 10.7 Å². The number of halogens is 4. The van der Waals surface area contributed by atoms with Crippen LogP contribution in [0.2, 0.25) is 5.02 Å². The van der Waals surface area contributed by atoms with Crippen molar-refractivity contribution in [2.75, 3.05) is 0 Å². The Morgan fingerprint density at radius 1 is 1.41 bits per heavy atom. The predicted octanol–water partition coefficient (Wildman–Crippen LogP) is 3.47. The molecule has 0 aliphatic rings. The Balaban J connectivity index is 3.70. The van der Waals surface area contributed by atoms with E-state index in [0.29, 0.717) is 6.07 Å². The molecule has 0 bridgehead atoms. The Hall–Kier alpha value is -1.63. The highest BCUT2D eigenvalue weighted by atomic mass is 35.5. The van der Waals surface area contributed by atoms with Gasteiger partial charge >= 0.3 is 6.18 Å². The minimum atomic E-state index is -4.95. The number of rotatable bonds is 2. The molecule has 0 aliphatic carbocycles. The number of ketones is 1. The molecule has 8 heteroatoms. The number of nitro benzene ring substituents is 1. The molecule has 0 radical (unpaired) electrons. The van der Waals surface area contributed by atoms with Crippen molar-refractivity contribution in [2.24, 2.45) is 0 Å². The van der Waals surface area contributed by atoms with Crippen molar-refractivity contribution in [3.05, 3.63) is 38.4 Å². The largest absolute Gasteiger partial charge is 0.423 e. The first kappa shape index (κ1) is 13.4. The Morgan fingerprint density at radius 2 is 1.94 bits per heavy atom. The summed E-state index contributed by atoms with van der Waals surface area (Å²) in [5.74, 6) is -0.857. The van der Waals surface area contributed by atoms with E-state index in [0.717, 1.165) is 13.0 Å². The fraction of sp³-hybridized carbons (Fsp3) is 0.222. The molecule has 0 atom stereocenters. The van der Waals surface area contributed by atoms with E-state index in [1.807, 2.05) is 0 Å². The van der Waals surface area contributed by atoms with Crippen LogP contribution < -0.4 is 0 Å². The van der Waals surface area contributed by atoms with Crippen LogP contribution in [-0.2, 0) is 6.18 Å². The lowest BCUT2D eigenvalue weighted by molar-refractivity contribution is -0.388. The lowest BCUT2D eigenvalue weighted by Crippen LogP contribution is -2.12. The van der Waals surface area contributed by atoms with Gasteiger partial charge in [0.05, 0.1) is 10.5 Å². The van der Waals surface area contributed by atoms with Crippen LogP contribution >= 0.6 is 11.6 Å². The monoisotopic (exact) mass is 267 g/mol. The zero-order valence-corrected chi connectivity index (χ0v) is 9.09. The van der Waals surface area contributed by atoms with Gasteiger partial charge in [-0.1, -0.05) is 11.6 Å². The topological polar surface area (TPSA) is 60.2 Å². The van der Waals surface area contributed by atoms with Gasteiger partial charge in [0.2, 0.25) is 0 Å². The summed E-state index contributed by atoms with van der Waals surface area (Å²) in [7, 11) is 0. The van der Waals surface area contributed by atoms with E-state index < -0.39 is 33.7 Å². The van der Waals surface area contributed by atoms with Crippen molar-refractivity contribution in [3.63, 3.8) is 0 Å². The maximum atomic E-state index is 12.6. The zero-order chi connectivity index (χ0) is 13.4. The summed E-state index contributed by atoms with van der Waals surface area (Å²) in [4.78, 5) is 20.4. The molecule has 1 rings (SSSR count). The molecule has 92 valence electrons. The average molecular weight is 268 g/mol. The molecule has 0 saturated heterocycles. The number of carbonyl (C=O) groups excluding carboxylic acids is 1. The van der Waals surface area contributed by atoms with E-state index >= 15 is 0 Å². The standard InChI is InChI=1S/C9H5ClF3NO3/c1-4(15)6-2-5(10)3-7(9(11,12)13)8(6)14(16)17/h2-3H,1H3. The number of nitro groups is 1. The molecule has 0 aromatic heterocycles. The molecule has 4 nitrogen and oxygen atoms in total. The van der Waals surface area contributed by atoms with Gasteiger partial charge in [0.25, 0.3) is 5.69 Å². The van der Waals surface area contributed by atoms with Gasteiger partial charge in [0, 0.05) is 5.02 Å². The van der Waals surface area contributed by atoms with Gasteiger partial charge in [0.15, 0.2) is 5.78 Å². The minimum absolute atomic E-state index is 0.381. The van der Waals surface area contributed by atoms with Gasteiger partial charge in [-0.15, -0.1) is 0 Å². The van der Waals surface area contributed by atoms with Crippen molar-refractivity contribution in [2.45, 2.75) is 13.1 Å². The summed E-state index contributed by atoms with van der Waals surface area (Å²) in [5.41, 5.74) is -3.45. The van der Waals surface area contributed by atoms with Crippen LogP contribution in [0.25, 0.3) is 0 Å². The minimum Gasteiger partial charge on any atom is -0.294 e. The summed E-state index contributed by atoms with van der Waals surface area (Å²) >= 11 is 5.40. The van der Waals surface area contributed by atoms with Crippen molar-refractivity contribution < 1.29 is 22.9 Å². The van der Waals surface area contributed by atoms with Gasteiger partial charge < -0.3 is 0 Å². The van der Waals surface area contributed by atoms with Crippen molar-refractivity contribution in [1.29, 1.82) is 0 Å². The molecule has 0 amide bonds. The first-order chi connectivity index (χ1) is 7.64. The molecule has 0 fully saturated rings. The van der Waals surface area contributed by atoms with Crippen LogP contribution in [0.1, 0.15) is 22.8 Å². The van der Waals surface area contributed by atoms with Gasteiger partial charge in [-0.25, -0.2) is 0 Å². The molecule has 0 spiro atoms. The quantitative estimate of drug-likeness (QED) is 0.468. The van der Waals surface area contributed by atoms with Crippen LogP contribution in [0.15, 0.2) is 12.1 Å². The highest BCUT2D eigenvalue weighted by Crippen LogP contribution is 2.39. The van der Waals surface area contributed by atoms with Crippen LogP contribution in [0.5, 0.6) is 0 Å². The van der Waals surface area contributed by atoms with E-state index in [4.69, 9.17) is 11.6 Å². The number of benzene rings is 1. The second-order valence-electron chi connectivity index (χ2n) is 3.16. The SMILES string of the molecule is CC(=O)c1cc(Cl)cc(C(F)(F)F)c1[N+](=O)[O-]. The molecule has 0 N–H and O–H groups in total. The second-order valence-corrected chi connectivity index (χ2v) is 3.60. The summed E-state index contributed by atoms with van der Waals surface area (Å²) in [6.07, 6.45) is -4.95. The van der Waals surface area contributed by atoms with Crippen molar-refractivity contribution >= 4 is 23.1 Å². The lowest BCUT2D eigenvalue weighted by Gasteiger charge is -2.10. The van der Waals surface area contributed by atoms with E-state index in [1.165, 1.54) is 0 Å². The number of hydrogen-bond acceptors (Lipinski definition) is 3. The van der Waals surface area contributed by atoms with Crippen molar-refractivity contribution in [3.8, 4) is 0 Å². The highest BCUT2D eigenvalue weighted by molar-refractivity contribution is 6.31. The van der Waals surface area contributed by atoms with E-state index in [9.17, 15) is 28.1 Å². The molecule has 0 unspecified atom stereocenters. The van der Waals surface area contributed by atoms with E-state index in [2.05, 4.69) is 0 Å². The Morgan fingerprint density at radius 3 is 2.29 bits per heavy atom. The fourth-order valence-corrected chi connectivity index (χ4v) is 1.50. The molecule has 1 aromatic rings. The third kappa shape index (κ3) is 2.73. The molecule has 17 heavy (non-hydrogen) atoms. The summed E-state index contributed by atoms with van der Waals surface area (Å²) in [6, 6.07) is 1.27. The molecule has 0 aliphatic heterocycles. The Bertz CT molecular complexity index is 499. The number of hydrogen-bond donors (Lipinski definition) is 0. The second kappa shape index (κ2) is 4.33. The molecule has 1 aromatic carbocycles. The Kier molecular flexibility index (Phi) is 3.42. The zero-order valence-electron chi connectivity index (χ0n) is 8.34. The number of nitrogens with zero attached hydrogens (tertiary/aromatic N) is 1. The highest BCUT2D eigenvalue weighted by Gasteiger charge is 2.41. The van der Waals surface area contributed by atoms with Gasteiger partial charge in [-0.05, 0) is 19.1 Å². The maximum Gasteiger partial charge on any atom is 0.423 e. The van der Waals surface area contributed by atoms with Crippen LogP contribution in [0.3, 0.4) is 0 Å². The summed E-state index contributed by atoms with van der Waals surface area (Å²) in [5, 5.41) is 10.2. The third-order valence-corrected chi connectivity index (χ3v) is 2.16. The molecule has 0 saturated carbocycles. The molecular weight excluding hydrogens is 263 g/mol. The van der Waals surface area contributed by atoms with Crippen LogP contribution in [0.4, 0.5) is 18.9 Å². The van der Waals surface area contributed by atoms with E-state index in [1.54, 1.807) is 0 Å². The third-order valence-electron chi connectivity index (χ3n) is 1.94. The van der Waals surface area contributed by atoms with E-state index in [-0.39, 0.29) is 5.02 Å². The molecular formula is C9H5ClF3NO3. The van der Waals surface area contributed by atoms with Crippen LogP contribution in [0, 0.1) is 10.1 Å². The number of carbonyl (C=O) groups is 1. The number of alkyl halides is 3. The smallest absolute Gasteiger partial charge is 0.294 e. The lowest BCUT2D eigenvalue weighted by atomic mass is 10.0. The van der Waals surface area contributed by atoms with Gasteiger partial charge in [0.1, 0.15) is 5.56 Å². The van der Waals surface area contributed by atoms with Crippen molar-refractivity contribution in [1.82, 2.24) is 0 Å². The number of Topliss-reactive ketones (excluding diaryl/α,β-unsaturated/α-hetero) is 1. The normalized spacial score (nSPS) is 11.4. The maximum absolute atomic E-state index is 12.6. The fourth-order valence-electron chi connectivity index (χ4n) is 1.28. The van der Waals surface area contributed by atoms with Gasteiger partial charge in [-0.3, -0.25) is 14.9 Å². The summed E-state index contributed by atoms with van der Waals surface area (Å²) < 4.78 is 37.7. The first-order valence-electron chi connectivity index (χ1n) is 4.20. The molecule has 0 heterocycles.